The number of alkyl halides is 3. The first-order valence-corrected chi connectivity index (χ1v) is 11.2. The van der Waals surface area contributed by atoms with E-state index < -0.39 is 11.8 Å². The molecule has 1 aliphatic heterocycles. The van der Waals surface area contributed by atoms with Gasteiger partial charge in [0.2, 0.25) is 5.95 Å². The van der Waals surface area contributed by atoms with Crippen molar-refractivity contribution in [2.24, 2.45) is 5.92 Å². The smallest absolute Gasteiger partial charge is 0.361 e. The third-order valence-electron chi connectivity index (χ3n) is 4.95. The van der Waals surface area contributed by atoms with Crippen LogP contribution in [0.3, 0.4) is 0 Å². The molecule has 0 radical (unpaired) electrons. The lowest BCUT2D eigenvalue weighted by molar-refractivity contribution is -0.203. The van der Waals surface area contributed by atoms with Gasteiger partial charge in [0, 0.05) is 11.9 Å². The molecule has 1 atom stereocenters. The highest BCUT2D eigenvalue weighted by Crippen LogP contribution is 2.49. The summed E-state index contributed by atoms with van der Waals surface area (Å²) in [5, 5.41) is 10.8. The van der Waals surface area contributed by atoms with Crippen LogP contribution in [-0.2, 0) is 5.66 Å². The van der Waals surface area contributed by atoms with Crippen molar-refractivity contribution in [2.45, 2.75) is 25.7 Å². The van der Waals surface area contributed by atoms with Gasteiger partial charge < -0.3 is 16.0 Å². The second-order valence-corrected chi connectivity index (χ2v) is 9.43. The van der Waals surface area contributed by atoms with Gasteiger partial charge in [-0.3, -0.25) is 4.57 Å². The molecule has 0 saturated heterocycles. The molecule has 0 spiro atoms. The molecule has 6 nitrogen and oxygen atoms in total. The lowest BCUT2D eigenvalue weighted by Gasteiger charge is -2.36. The van der Waals surface area contributed by atoms with Crippen LogP contribution in [0.2, 0.25) is 10.0 Å². The summed E-state index contributed by atoms with van der Waals surface area (Å²) >= 11 is 13.4. The molecule has 2 aromatic heterocycles. The van der Waals surface area contributed by atoms with E-state index >= 15 is 0 Å². The first-order valence-electron chi connectivity index (χ1n) is 9.52. The summed E-state index contributed by atoms with van der Waals surface area (Å²) in [6, 6.07) is 2.76. The molecule has 1 unspecified atom stereocenters. The van der Waals surface area contributed by atoms with Crippen LogP contribution in [0.4, 0.5) is 24.3 Å². The number of nitrogens with zero attached hydrogens (tertiary/aromatic N) is 3. The third-order valence-corrected chi connectivity index (χ3v) is 6.47. The van der Waals surface area contributed by atoms with Gasteiger partial charge in [-0.2, -0.15) is 13.2 Å². The molecule has 0 fully saturated rings. The number of hydrogen-bond acceptors (Lipinski definition) is 6. The number of thiazole rings is 1. The highest BCUT2D eigenvalue weighted by molar-refractivity contribution is 7.13. The van der Waals surface area contributed by atoms with Crippen LogP contribution in [0, 0.1) is 5.92 Å². The molecule has 3 N–H and O–H groups in total. The van der Waals surface area contributed by atoms with E-state index in [1.54, 1.807) is 5.38 Å². The van der Waals surface area contributed by atoms with Gasteiger partial charge in [-0.25, -0.2) is 9.97 Å². The van der Waals surface area contributed by atoms with E-state index in [1.165, 1.54) is 23.5 Å². The lowest BCUT2D eigenvalue weighted by Crippen LogP contribution is -2.56. The molecule has 0 saturated carbocycles. The van der Waals surface area contributed by atoms with Crippen molar-refractivity contribution in [2.75, 3.05) is 17.2 Å². The van der Waals surface area contributed by atoms with Crippen molar-refractivity contribution in [3.05, 3.63) is 52.1 Å². The number of anilines is 2. The minimum Gasteiger partial charge on any atom is -0.361 e. The van der Waals surface area contributed by atoms with Gasteiger partial charge in [0.25, 0.3) is 5.66 Å². The highest BCUT2D eigenvalue weighted by atomic mass is 35.5. The molecule has 12 heteroatoms. The van der Waals surface area contributed by atoms with Gasteiger partial charge in [0.15, 0.2) is 5.13 Å². The average Bonchev–Trinajstić information content (AvgIpc) is 3.35. The predicted molar refractivity (Wildman–Crippen MR) is 124 cm³/mol. The number of rotatable bonds is 6. The molecule has 3 heterocycles. The van der Waals surface area contributed by atoms with Crippen LogP contribution in [0.25, 0.3) is 16.7 Å². The summed E-state index contributed by atoms with van der Waals surface area (Å²) in [4.78, 5) is 8.59. The second kappa shape index (κ2) is 7.86. The summed E-state index contributed by atoms with van der Waals surface area (Å²) in [6.45, 7) is 12.2. The van der Waals surface area contributed by atoms with E-state index in [9.17, 15) is 13.2 Å². The molecule has 4 rings (SSSR count). The van der Waals surface area contributed by atoms with E-state index in [1.807, 2.05) is 13.8 Å². The van der Waals surface area contributed by atoms with Gasteiger partial charge in [-0.1, -0.05) is 50.2 Å². The van der Waals surface area contributed by atoms with E-state index in [2.05, 4.69) is 39.1 Å². The maximum atomic E-state index is 14.7. The number of fused-ring (bicyclic) bond motifs is 3. The van der Waals surface area contributed by atoms with E-state index in [0.717, 1.165) is 4.57 Å². The van der Waals surface area contributed by atoms with Gasteiger partial charge >= 0.3 is 6.18 Å². The molecular formula is C20H19Cl2F3N6S. The predicted octanol–water partition coefficient (Wildman–Crippen LogP) is 6.28. The normalized spacial score (nSPS) is 18.2. The number of aromatic nitrogens is 3. The molecule has 170 valence electrons. The van der Waals surface area contributed by atoms with Crippen molar-refractivity contribution >= 4 is 62.3 Å². The fourth-order valence-corrected chi connectivity index (χ4v) is 4.48. The Labute approximate surface area is 196 Å². The summed E-state index contributed by atoms with van der Waals surface area (Å²) in [5.74, 6) is 0.344. The average molecular weight is 503 g/mol. The monoisotopic (exact) mass is 502 g/mol. The van der Waals surface area contributed by atoms with E-state index in [-0.39, 0.29) is 44.1 Å². The quantitative estimate of drug-likeness (QED) is 0.370. The van der Waals surface area contributed by atoms with Crippen LogP contribution in [0.1, 0.15) is 19.5 Å². The molecule has 32 heavy (non-hydrogen) atoms. The molecule has 1 aliphatic rings. The molecule has 0 bridgehead atoms. The number of nitrogens with one attached hydrogen (secondary N) is 3. The Morgan fingerprint density at radius 1 is 1.28 bits per heavy atom. The van der Waals surface area contributed by atoms with Gasteiger partial charge in [-0.05, 0) is 18.1 Å². The minimum atomic E-state index is -4.82. The third kappa shape index (κ3) is 3.60. The van der Waals surface area contributed by atoms with E-state index in [0.29, 0.717) is 17.6 Å². The van der Waals surface area contributed by atoms with Gasteiger partial charge in [0.05, 0.1) is 38.2 Å². The van der Waals surface area contributed by atoms with Crippen LogP contribution in [-0.4, -0.2) is 27.3 Å². The van der Waals surface area contributed by atoms with Crippen molar-refractivity contribution in [1.29, 1.82) is 0 Å². The summed E-state index contributed by atoms with van der Waals surface area (Å²) in [6.07, 6.45) is -4.82. The Hall–Kier alpha value is -2.43. The van der Waals surface area contributed by atoms with Crippen LogP contribution >= 0.6 is 34.5 Å². The maximum absolute atomic E-state index is 14.7. The Kier molecular flexibility index (Phi) is 5.59. The Morgan fingerprint density at radius 2 is 1.97 bits per heavy atom. The zero-order valence-electron chi connectivity index (χ0n) is 17.1. The fourth-order valence-electron chi connectivity index (χ4n) is 3.42. The fraction of sp³-hybridized carbons (Fsp3) is 0.300. The maximum Gasteiger partial charge on any atom is 0.436 e. The lowest BCUT2D eigenvalue weighted by atomic mass is 10.1. The van der Waals surface area contributed by atoms with Crippen molar-refractivity contribution in [3.63, 3.8) is 0 Å². The number of hydrogen-bond donors (Lipinski definition) is 3. The molecular weight excluding hydrogens is 484 g/mol. The number of imidazole rings is 1. The van der Waals surface area contributed by atoms with Crippen LogP contribution in [0.5, 0.6) is 0 Å². The molecule has 3 aromatic rings. The first kappa shape index (κ1) is 22.8. The minimum absolute atomic E-state index is 0.0196. The summed E-state index contributed by atoms with van der Waals surface area (Å²) < 4.78 is 45.0. The van der Waals surface area contributed by atoms with Crippen molar-refractivity contribution in [1.82, 2.24) is 19.9 Å². The zero-order chi connectivity index (χ0) is 23.4. The SMILES string of the molecule is C=C(NC1(C(F)(F)F)C(=C)Nc2nc3cc(Cl)c(Cl)cc3n21)c1csc(NCC(C)C)n1. The topological polar surface area (TPSA) is 66.8 Å². The molecule has 1 aromatic carbocycles. The van der Waals surface area contributed by atoms with E-state index in [4.69, 9.17) is 23.2 Å². The van der Waals surface area contributed by atoms with Crippen LogP contribution in [0.15, 0.2) is 36.4 Å². The van der Waals surface area contributed by atoms with Gasteiger partial charge in [0.1, 0.15) is 0 Å². The first-order chi connectivity index (χ1) is 14.9. The number of halogens is 5. The largest absolute Gasteiger partial charge is 0.436 e. The zero-order valence-corrected chi connectivity index (χ0v) is 19.4. The Morgan fingerprint density at radius 3 is 2.62 bits per heavy atom. The Bertz CT molecular complexity index is 1230. The molecule has 0 amide bonds. The van der Waals surface area contributed by atoms with Gasteiger partial charge in [-0.15, -0.1) is 11.3 Å². The standard InChI is InChI=1S/C20H19Cl2F3N6S/c1-9(2)7-26-18-29-15(8-32-18)10(3)30-19(20(23,24)25)11(4)27-17-28-14-5-12(21)13(22)6-16(14)31(17)19/h5-6,8-9,30H,3-4,7H2,1-2H3,(H,26,29)(H,27,28). The summed E-state index contributed by atoms with van der Waals surface area (Å²) in [7, 11) is 0. The van der Waals surface area contributed by atoms with Crippen molar-refractivity contribution in [3.8, 4) is 0 Å². The van der Waals surface area contributed by atoms with Crippen molar-refractivity contribution < 1.29 is 13.2 Å². The second-order valence-electron chi connectivity index (χ2n) is 7.75. The molecule has 0 aliphatic carbocycles. The summed E-state index contributed by atoms with van der Waals surface area (Å²) in [5.41, 5.74) is -2.46. The highest BCUT2D eigenvalue weighted by Gasteiger charge is 2.63. The Balaban J connectivity index is 1.78. The number of benzene rings is 1. The van der Waals surface area contributed by atoms with Crippen LogP contribution < -0.4 is 16.0 Å².